The molecule has 0 amide bonds. The zero-order chi connectivity index (χ0) is 17.2. The van der Waals surface area contributed by atoms with Gasteiger partial charge in [0, 0.05) is 0 Å². The van der Waals surface area contributed by atoms with Gasteiger partial charge in [0.15, 0.2) is 0 Å². The molecule has 0 aromatic heterocycles. The van der Waals surface area contributed by atoms with Crippen LogP contribution in [0.4, 0.5) is 0 Å². The summed E-state index contributed by atoms with van der Waals surface area (Å²) in [5.74, 6) is 0. The lowest BCUT2D eigenvalue weighted by molar-refractivity contribution is 0.118. The van der Waals surface area contributed by atoms with Gasteiger partial charge < -0.3 is 4.89 Å². The molecule has 2 unspecified atom stereocenters. The minimum Gasteiger partial charge on any atom is -0.324 e. The molecule has 0 aliphatic rings. The molecule has 1 radical (unpaired) electrons. The molecule has 3 aromatic carbocycles. The molecule has 24 heavy (non-hydrogen) atoms. The van der Waals surface area contributed by atoms with Crippen LogP contribution in [0.1, 0.15) is 18.1 Å². The zero-order valence-electron chi connectivity index (χ0n) is 13.6. The Bertz CT molecular complexity index is 882. The highest BCUT2D eigenvalue weighted by Crippen LogP contribution is 2.52. The number of fused-ring (bicyclic) bond motifs is 1. The molecule has 0 saturated heterocycles. The fourth-order valence-electron chi connectivity index (χ4n) is 2.90. The van der Waals surface area contributed by atoms with Crippen LogP contribution in [-0.2, 0) is 20.9 Å². The smallest absolute Gasteiger partial charge is 0.324 e. The highest BCUT2D eigenvalue weighted by Gasteiger charge is 2.33. The van der Waals surface area contributed by atoms with Crippen LogP contribution < -0.4 is 0 Å². The lowest BCUT2D eigenvalue weighted by Gasteiger charge is -2.29. The Kier molecular flexibility index (Phi) is 4.60. The first-order valence-electron chi connectivity index (χ1n) is 7.77. The summed E-state index contributed by atoms with van der Waals surface area (Å²) in [6, 6.07) is 22.8. The Morgan fingerprint density at radius 1 is 1.00 bits per heavy atom. The van der Waals surface area contributed by atoms with Gasteiger partial charge in [0.25, 0.3) is 0 Å². The Balaban J connectivity index is 1.91. The van der Waals surface area contributed by atoms with Crippen LogP contribution in [0.25, 0.3) is 10.8 Å². The molecule has 0 saturated carbocycles. The second-order valence-electron chi connectivity index (χ2n) is 6.13. The van der Waals surface area contributed by atoms with Crippen molar-refractivity contribution >= 4 is 18.4 Å². The maximum atomic E-state index is 12.6. The van der Waals surface area contributed by atoms with Gasteiger partial charge in [0.05, 0.1) is 6.16 Å². The maximum absolute atomic E-state index is 12.6. The quantitative estimate of drug-likeness (QED) is 0.642. The number of hydrogen-bond acceptors (Lipinski definition) is 2. The van der Waals surface area contributed by atoms with Crippen molar-refractivity contribution in [1.29, 1.82) is 0 Å². The van der Waals surface area contributed by atoms with E-state index >= 15 is 0 Å². The Hall–Kier alpha value is -1.93. The molecular formula is C20H20O3P. The summed E-state index contributed by atoms with van der Waals surface area (Å²) in [5.41, 5.74) is 0.430. The van der Waals surface area contributed by atoms with E-state index in [2.05, 4.69) is 6.92 Å². The summed E-state index contributed by atoms with van der Waals surface area (Å²) in [7, 11) is -3.84. The number of benzene rings is 3. The highest BCUT2D eigenvalue weighted by atomic mass is 31.2. The van der Waals surface area contributed by atoms with Crippen LogP contribution >= 0.6 is 7.60 Å². The van der Waals surface area contributed by atoms with Gasteiger partial charge in [-0.25, -0.2) is 0 Å². The fourth-order valence-corrected chi connectivity index (χ4v) is 4.36. The van der Waals surface area contributed by atoms with Gasteiger partial charge in [-0.15, -0.1) is 0 Å². The molecule has 1 N–H and O–H groups in total. The van der Waals surface area contributed by atoms with E-state index in [-0.39, 0.29) is 6.16 Å². The minimum absolute atomic E-state index is 0.0380. The third kappa shape index (κ3) is 3.76. The van der Waals surface area contributed by atoms with Gasteiger partial charge in [-0.2, -0.15) is 0 Å². The summed E-state index contributed by atoms with van der Waals surface area (Å²) in [6.07, 6.45) is -0.0380. The summed E-state index contributed by atoms with van der Waals surface area (Å²) >= 11 is 0. The summed E-state index contributed by atoms with van der Waals surface area (Å²) in [6.45, 7) is 5.79. The lowest BCUT2D eigenvalue weighted by atomic mass is 9.93. The molecule has 0 fully saturated rings. The largest absolute Gasteiger partial charge is 0.333 e. The van der Waals surface area contributed by atoms with E-state index < -0.39 is 13.2 Å². The average Bonchev–Trinajstić information content (AvgIpc) is 2.53. The van der Waals surface area contributed by atoms with Crippen molar-refractivity contribution in [2.24, 2.45) is 0 Å². The fraction of sp³-hybridized carbons (Fsp3) is 0.150. The van der Waals surface area contributed by atoms with Crippen LogP contribution in [-0.4, -0.2) is 4.89 Å². The van der Waals surface area contributed by atoms with Crippen LogP contribution in [0.2, 0.25) is 0 Å². The van der Waals surface area contributed by atoms with Crippen LogP contribution in [0, 0.1) is 6.92 Å². The van der Waals surface area contributed by atoms with Crippen molar-refractivity contribution in [2.75, 3.05) is 0 Å². The number of rotatable bonds is 5. The van der Waals surface area contributed by atoms with Crippen molar-refractivity contribution in [3.8, 4) is 0 Å². The molecule has 3 rings (SSSR count). The Labute approximate surface area is 142 Å². The SMILES string of the molecule is [CH2]C(C)(OP(=O)(O)Cc1ccccc1)c1cccc2ccccc12. The molecule has 0 bridgehead atoms. The molecule has 0 spiro atoms. The topological polar surface area (TPSA) is 46.5 Å². The Morgan fingerprint density at radius 3 is 2.38 bits per heavy atom. The molecule has 0 aliphatic carbocycles. The normalized spacial score (nSPS) is 14.5. The van der Waals surface area contributed by atoms with Gasteiger partial charge in [-0.1, -0.05) is 72.8 Å². The van der Waals surface area contributed by atoms with Crippen molar-refractivity contribution < 1.29 is 14.0 Å². The van der Waals surface area contributed by atoms with Gasteiger partial charge >= 0.3 is 7.60 Å². The molecule has 0 heterocycles. The lowest BCUT2D eigenvalue weighted by Crippen LogP contribution is -2.21. The van der Waals surface area contributed by atoms with Gasteiger partial charge in [-0.05, 0) is 35.7 Å². The van der Waals surface area contributed by atoms with Crippen LogP contribution in [0.15, 0.2) is 72.8 Å². The first kappa shape index (κ1) is 16.9. The zero-order valence-corrected chi connectivity index (χ0v) is 14.4. The first-order chi connectivity index (χ1) is 11.4. The van der Waals surface area contributed by atoms with Gasteiger partial charge in [0.2, 0.25) is 0 Å². The minimum atomic E-state index is -3.84. The molecule has 0 aliphatic heterocycles. The van der Waals surface area contributed by atoms with E-state index in [1.807, 2.05) is 72.8 Å². The van der Waals surface area contributed by atoms with E-state index in [1.165, 1.54) is 0 Å². The molecule has 3 aromatic rings. The monoisotopic (exact) mass is 339 g/mol. The second-order valence-corrected chi connectivity index (χ2v) is 7.90. The van der Waals surface area contributed by atoms with E-state index in [1.54, 1.807) is 6.92 Å². The maximum Gasteiger partial charge on any atom is 0.333 e. The molecule has 4 heteroatoms. The van der Waals surface area contributed by atoms with Gasteiger partial charge in [0.1, 0.15) is 5.60 Å². The predicted molar refractivity (Wildman–Crippen MR) is 97.7 cm³/mol. The van der Waals surface area contributed by atoms with Crippen molar-refractivity contribution in [3.05, 3.63) is 90.8 Å². The van der Waals surface area contributed by atoms with Crippen LogP contribution in [0.5, 0.6) is 0 Å². The summed E-state index contributed by atoms with van der Waals surface area (Å²) in [5, 5.41) is 2.02. The van der Waals surface area contributed by atoms with E-state index in [0.29, 0.717) is 0 Å². The van der Waals surface area contributed by atoms with E-state index in [9.17, 15) is 9.46 Å². The number of hydrogen-bond donors (Lipinski definition) is 1. The third-order valence-electron chi connectivity index (χ3n) is 3.93. The van der Waals surface area contributed by atoms with Crippen LogP contribution in [0.3, 0.4) is 0 Å². The summed E-state index contributed by atoms with van der Waals surface area (Å²) < 4.78 is 18.2. The van der Waals surface area contributed by atoms with Gasteiger partial charge in [-0.3, -0.25) is 9.09 Å². The van der Waals surface area contributed by atoms with E-state index in [4.69, 9.17) is 4.52 Å². The predicted octanol–water partition coefficient (Wildman–Crippen LogP) is 5.29. The first-order valence-corrected chi connectivity index (χ1v) is 9.54. The van der Waals surface area contributed by atoms with Crippen molar-refractivity contribution in [3.63, 3.8) is 0 Å². The molecular weight excluding hydrogens is 319 g/mol. The van der Waals surface area contributed by atoms with E-state index in [0.717, 1.165) is 21.9 Å². The second kappa shape index (κ2) is 6.52. The highest BCUT2D eigenvalue weighted by molar-refractivity contribution is 7.52. The Morgan fingerprint density at radius 2 is 1.62 bits per heavy atom. The summed E-state index contributed by atoms with van der Waals surface area (Å²) in [4.78, 5) is 10.3. The molecule has 2 atom stereocenters. The standard InChI is InChI=1S/C20H20O3P/c1-20(2,19-14-8-12-17-11-6-7-13-18(17)19)23-24(21,22)15-16-9-4-3-5-10-16/h3-14H,1,15H2,2H3,(H,21,22). The molecule has 3 nitrogen and oxygen atoms in total. The van der Waals surface area contributed by atoms with Crippen molar-refractivity contribution in [1.82, 2.24) is 0 Å². The van der Waals surface area contributed by atoms with Crippen molar-refractivity contribution in [2.45, 2.75) is 18.7 Å². The molecule has 123 valence electrons. The average molecular weight is 339 g/mol. The third-order valence-corrected chi connectivity index (χ3v) is 5.38.